The van der Waals surface area contributed by atoms with Crippen molar-refractivity contribution in [2.45, 2.75) is 45.4 Å². The molecule has 4 aliphatic carbocycles. The fraction of sp³-hybridized carbons (Fsp3) is 0.480. The summed E-state index contributed by atoms with van der Waals surface area (Å²) in [5.74, 6) is 3.27. The Balaban J connectivity index is 1.26. The number of ether oxygens (including phenoxy) is 1. The van der Waals surface area contributed by atoms with Crippen LogP contribution in [0.1, 0.15) is 54.4 Å². The zero-order valence-electron chi connectivity index (χ0n) is 18.1. The Labute approximate surface area is 182 Å². The molecule has 0 spiro atoms. The smallest absolute Gasteiger partial charge is 0.256 e. The first-order valence-electron chi connectivity index (χ1n) is 11.2. The molecule has 6 heteroatoms. The van der Waals surface area contributed by atoms with Crippen LogP contribution in [0.5, 0.6) is 5.75 Å². The van der Waals surface area contributed by atoms with Gasteiger partial charge in [-0.25, -0.2) is 4.98 Å². The van der Waals surface area contributed by atoms with Crippen LogP contribution in [0.2, 0.25) is 0 Å². The molecule has 4 bridgehead atoms. The first kappa shape index (κ1) is 20.0. The average molecular weight is 420 g/mol. The molecule has 0 saturated heterocycles. The molecule has 2 aromatic rings. The number of nitrogens with one attached hydrogen (secondary N) is 2. The number of aromatic nitrogens is 1. The molecule has 31 heavy (non-hydrogen) atoms. The number of hydrogen-bond donors (Lipinski definition) is 2. The molecule has 2 N–H and O–H groups in total. The van der Waals surface area contributed by atoms with Crippen LogP contribution >= 0.6 is 0 Å². The topological polar surface area (TPSA) is 80.3 Å². The number of carbonyl (C=O) groups is 2. The second-order valence-electron chi connectivity index (χ2n) is 9.72. The van der Waals surface area contributed by atoms with E-state index in [2.05, 4.69) is 15.6 Å². The van der Waals surface area contributed by atoms with E-state index in [0.717, 1.165) is 48.3 Å². The molecule has 1 aromatic carbocycles. The molecule has 1 aromatic heterocycles. The van der Waals surface area contributed by atoms with E-state index in [1.54, 1.807) is 43.6 Å². The van der Waals surface area contributed by atoms with Crippen LogP contribution < -0.4 is 15.4 Å². The highest BCUT2D eigenvalue weighted by molar-refractivity contribution is 6.04. The standard InChI is InChI=1S/C25H29N3O3/c1-15-7-22(28-23(29)19-3-5-20(31-2)6-4-19)26-14-21(15)27-24(30)25-11-16-8-17(12-25)10-18(9-16)13-25/h3-7,14,16-18H,8-13H2,1-2H3,(H,27,30)(H,26,28,29). The molecule has 162 valence electrons. The molecule has 4 fully saturated rings. The van der Waals surface area contributed by atoms with Gasteiger partial charge in [0.1, 0.15) is 11.6 Å². The SMILES string of the molecule is COc1ccc(C(=O)Nc2cc(C)c(NC(=O)C34CC5CC(CC(C5)C3)C4)cn2)cc1. The van der Waals surface area contributed by atoms with Gasteiger partial charge in [-0.1, -0.05) is 0 Å². The summed E-state index contributed by atoms with van der Waals surface area (Å²) < 4.78 is 5.13. The van der Waals surface area contributed by atoms with Gasteiger partial charge in [-0.05, 0) is 99.1 Å². The van der Waals surface area contributed by atoms with Crippen LogP contribution in [0.25, 0.3) is 0 Å². The zero-order chi connectivity index (χ0) is 21.6. The largest absolute Gasteiger partial charge is 0.497 e. The molecular formula is C25H29N3O3. The van der Waals surface area contributed by atoms with Crippen molar-refractivity contribution in [1.29, 1.82) is 0 Å². The maximum atomic E-state index is 13.3. The van der Waals surface area contributed by atoms with Gasteiger partial charge in [-0.2, -0.15) is 0 Å². The summed E-state index contributed by atoms with van der Waals surface area (Å²) in [4.78, 5) is 30.2. The Hall–Kier alpha value is -2.89. The highest BCUT2D eigenvalue weighted by Crippen LogP contribution is 2.60. The molecule has 6 rings (SSSR count). The summed E-state index contributed by atoms with van der Waals surface area (Å²) >= 11 is 0. The lowest BCUT2D eigenvalue weighted by atomic mass is 9.49. The van der Waals surface area contributed by atoms with Gasteiger partial charge >= 0.3 is 0 Å². The van der Waals surface area contributed by atoms with Crippen molar-refractivity contribution in [3.63, 3.8) is 0 Å². The summed E-state index contributed by atoms with van der Waals surface area (Å²) in [6.07, 6.45) is 8.70. The summed E-state index contributed by atoms with van der Waals surface area (Å²) in [5.41, 5.74) is 1.95. The quantitative estimate of drug-likeness (QED) is 0.729. The Bertz CT molecular complexity index is 980. The number of pyridine rings is 1. The number of methoxy groups -OCH3 is 1. The van der Waals surface area contributed by atoms with Crippen LogP contribution in [0.4, 0.5) is 11.5 Å². The van der Waals surface area contributed by atoms with Crippen LogP contribution in [-0.2, 0) is 4.79 Å². The molecule has 2 amide bonds. The minimum absolute atomic E-state index is 0.159. The average Bonchev–Trinajstić information content (AvgIpc) is 2.74. The number of rotatable bonds is 5. The maximum absolute atomic E-state index is 13.3. The second-order valence-corrected chi connectivity index (χ2v) is 9.72. The van der Waals surface area contributed by atoms with Gasteiger partial charge in [-0.15, -0.1) is 0 Å². The third-order valence-corrected chi connectivity index (χ3v) is 7.47. The van der Waals surface area contributed by atoms with Gasteiger partial charge in [0, 0.05) is 5.56 Å². The van der Waals surface area contributed by atoms with Crippen molar-refractivity contribution in [1.82, 2.24) is 4.98 Å². The van der Waals surface area contributed by atoms with Gasteiger partial charge < -0.3 is 15.4 Å². The third kappa shape index (κ3) is 3.80. The highest BCUT2D eigenvalue weighted by atomic mass is 16.5. The van der Waals surface area contributed by atoms with Crippen molar-refractivity contribution in [3.05, 3.63) is 47.7 Å². The fourth-order valence-corrected chi connectivity index (χ4v) is 6.33. The monoisotopic (exact) mass is 419 g/mol. The van der Waals surface area contributed by atoms with Crippen molar-refractivity contribution in [2.24, 2.45) is 23.2 Å². The first-order valence-corrected chi connectivity index (χ1v) is 11.2. The summed E-state index contributed by atoms with van der Waals surface area (Å²) in [6.45, 7) is 1.93. The lowest BCUT2D eigenvalue weighted by Gasteiger charge is -2.55. The molecule has 6 nitrogen and oxygen atoms in total. The first-order chi connectivity index (χ1) is 14.9. The lowest BCUT2D eigenvalue weighted by molar-refractivity contribution is -0.140. The number of hydrogen-bond acceptors (Lipinski definition) is 4. The summed E-state index contributed by atoms with van der Waals surface area (Å²) in [6, 6.07) is 8.71. The van der Waals surface area contributed by atoms with E-state index in [1.807, 2.05) is 6.92 Å². The Morgan fingerprint density at radius 1 is 1.00 bits per heavy atom. The van der Waals surface area contributed by atoms with Gasteiger partial charge in [0.25, 0.3) is 5.91 Å². The van der Waals surface area contributed by atoms with Gasteiger partial charge in [0.15, 0.2) is 0 Å². The molecule has 0 atom stereocenters. The Morgan fingerprint density at radius 2 is 1.61 bits per heavy atom. The highest BCUT2D eigenvalue weighted by Gasteiger charge is 2.54. The van der Waals surface area contributed by atoms with Gasteiger partial charge in [0.05, 0.1) is 24.4 Å². The van der Waals surface area contributed by atoms with E-state index >= 15 is 0 Å². The van der Waals surface area contributed by atoms with Gasteiger partial charge in [0.2, 0.25) is 5.91 Å². The van der Waals surface area contributed by atoms with Crippen LogP contribution in [0.3, 0.4) is 0 Å². The number of nitrogens with zero attached hydrogens (tertiary/aromatic N) is 1. The number of benzene rings is 1. The second kappa shape index (κ2) is 7.66. The zero-order valence-corrected chi connectivity index (χ0v) is 18.1. The number of carbonyl (C=O) groups excluding carboxylic acids is 2. The van der Waals surface area contributed by atoms with Crippen LogP contribution in [0.15, 0.2) is 36.5 Å². The van der Waals surface area contributed by atoms with Crippen molar-refractivity contribution in [2.75, 3.05) is 17.7 Å². The molecule has 1 heterocycles. The predicted octanol–water partition coefficient (Wildman–Crippen LogP) is 4.81. The van der Waals surface area contributed by atoms with E-state index in [0.29, 0.717) is 17.1 Å². The number of anilines is 2. The van der Waals surface area contributed by atoms with E-state index in [-0.39, 0.29) is 17.2 Å². The van der Waals surface area contributed by atoms with Crippen LogP contribution in [0, 0.1) is 30.1 Å². The van der Waals surface area contributed by atoms with Crippen molar-refractivity contribution >= 4 is 23.3 Å². The third-order valence-electron chi connectivity index (χ3n) is 7.47. The molecular weight excluding hydrogens is 390 g/mol. The molecule has 4 aliphatic rings. The maximum Gasteiger partial charge on any atom is 0.256 e. The molecule has 0 aliphatic heterocycles. The normalized spacial score (nSPS) is 28.3. The summed E-state index contributed by atoms with van der Waals surface area (Å²) in [5, 5.41) is 5.99. The van der Waals surface area contributed by atoms with E-state index in [1.165, 1.54) is 19.3 Å². The lowest BCUT2D eigenvalue weighted by Crippen LogP contribution is -2.51. The van der Waals surface area contributed by atoms with Crippen LogP contribution in [-0.4, -0.2) is 23.9 Å². The predicted molar refractivity (Wildman–Crippen MR) is 119 cm³/mol. The number of aryl methyl sites for hydroxylation is 1. The minimum atomic E-state index is -0.236. The minimum Gasteiger partial charge on any atom is -0.497 e. The van der Waals surface area contributed by atoms with Crippen molar-refractivity contribution in [3.8, 4) is 5.75 Å². The Morgan fingerprint density at radius 3 is 2.16 bits per heavy atom. The molecule has 4 saturated carbocycles. The summed E-state index contributed by atoms with van der Waals surface area (Å²) in [7, 11) is 1.59. The van der Waals surface area contributed by atoms with E-state index < -0.39 is 0 Å². The van der Waals surface area contributed by atoms with Gasteiger partial charge in [-0.3, -0.25) is 9.59 Å². The molecule has 0 radical (unpaired) electrons. The van der Waals surface area contributed by atoms with E-state index in [4.69, 9.17) is 4.74 Å². The number of amides is 2. The Kier molecular flexibility index (Phi) is 4.95. The molecule has 0 unspecified atom stereocenters. The van der Waals surface area contributed by atoms with E-state index in [9.17, 15) is 9.59 Å². The fourth-order valence-electron chi connectivity index (χ4n) is 6.33. The van der Waals surface area contributed by atoms with Crippen molar-refractivity contribution < 1.29 is 14.3 Å².